The molecule has 2 aromatic rings. The van der Waals surface area contributed by atoms with Gasteiger partial charge in [-0.2, -0.15) is 0 Å². The number of hydrogen-bond acceptors (Lipinski definition) is 3. The van der Waals surface area contributed by atoms with Crippen molar-refractivity contribution >= 4 is 22.0 Å². The summed E-state index contributed by atoms with van der Waals surface area (Å²) in [5.41, 5.74) is 2.52. The maximum Gasteiger partial charge on any atom is 0.318 e. The van der Waals surface area contributed by atoms with Crippen LogP contribution in [0, 0.1) is 5.92 Å². The predicted molar refractivity (Wildman–Crippen MR) is 127 cm³/mol. The fraction of sp³-hybridized carbons (Fsp3) is 0.480. The first-order valence-electron chi connectivity index (χ1n) is 11.2. The molecule has 31 heavy (non-hydrogen) atoms. The summed E-state index contributed by atoms with van der Waals surface area (Å²) in [6, 6.07) is 16.8. The van der Waals surface area contributed by atoms with E-state index in [2.05, 4.69) is 50.4 Å². The molecule has 0 aliphatic carbocycles. The van der Waals surface area contributed by atoms with Gasteiger partial charge in [-0.15, -0.1) is 0 Å². The van der Waals surface area contributed by atoms with Crippen molar-refractivity contribution in [3.63, 3.8) is 0 Å². The highest BCUT2D eigenvalue weighted by atomic mass is 79.9. The first-order chi connectivity index (χ1) is 15.1. The quantitative estimate of drug-likeness (QED) is 0.589. The Balaban J connectivity index is 1.19. The highest BCUT2D eigenvalue weighted by Gasteiger charge is 2.29. The van der Waals surface area contributed by atoms with E-state index in [1.807, 2.05) is 29.2 Å². The van der Waals surface area contributed by atoms with Crippen molar-refractivity contribution in [2.75, 3.05) is 33.3 Å². The summed E-state index contributed by atoms with van der Waals surface area (Å²) in [5.74, 6) is 1.64. The number of nitrogens with one attached hydrogen (secondary N) is 1. The van der Waals surface area contributed by atoms with Crippen LogP contribution in [0.4, 0.5) is 4.79 Å². The van der Waals surface area contributed by atoms with Crippen LogP contribution < -0.4 is 10.1 Å². The molecule has 0 saturated carbocycles. The molecule has 2 aliphatic heterocycles. The molecule has 2 aliphatic rings. The molecule has 2 heterocycles. The van der Waals surface area contributed by atoms with Crippen molar-refractivity contribution in [1.29, 1.82) is 0 Å². The van der Waals surface area contributed by atoms with Crippen LogP contribution in [0.25, 0.3) is 0 Å². The zero-order valence-electron chi connectivity index (χ0n) is 18.2. The Morgan fingerprint density at radius 1 is 1.13 bits per heavy atom. The fourth-order valence-electron chi connectivity index (χ4n) is 4.66. The molecule has 6 heteroatoms. The summed E-state index contributed by atoms with van der Waals surface area (Å²) < 4.78 is 6.56. The van der Waals surface area contributed by atoms with Gasteiger partial charge in [0.15, 0.2) is 0 Å². The Labute approximate surface area is 193 Å². The van der Waals surface area contributed by atoms with Crippen molar-refractivity contribution in [3.05, 3.63) is 64.1 Å². The zero-order chi connectivity index (χ0) is 21.6. The van der Waals surface area contributed by atoms with Crippen LogP contribution in [0.3, 0.4) is 0 Å². The molecular formula is C25H32BrN3O2. The maximum absolute atomic E-state index is 12.3. The minimum absolute atomic E-state index is 0.0661. The number of rotatable bonds is 8. The van der Waals surface area contributed by atoms with Gasteiger partial charge < -0.3 is 19.9 Å². The van der Waals surface area contributed by atoms with Gasteiger partial charge in [-0.3, -0.25) is 0 Å². The minimum atomic E-state index is 0.0661. The van der Waals surface area contributed by atoms with Gasteiger partial charge in [0, 0.05) is 30.1 Å². The molecule has 0 spiro atoms. The lowest BCUT2D eigenvalue weighted by molar-refractivity contribution is 0.177. The molecule has 1 N–H and O–H groups in total. The fourth-order valence-corrected chi connectivity index (χ4v) is 5.07. The molecule has 2 amide bonds. The van der Waals surface area contributed by atoms with E-state index in [4.69, 9.17) is 4.74 Å². The number of amides is 2. The van der Waals surface area contributed by atoms with Gasteiger partial charge >= 0.3 is 6.03 Å². The minimum Gasteiger partial charge on any atom is -0.497 e. The molecule has 2 fully saturated rings. The smallest absolute Gasteiger partial charge is 0.318 e. The average molecular weight is 486 g/mol. The topological polar surface area (TPSA) is 44.8 Å². The van der Waals surface area contributed by atoms with E-state index in [0.717, 1.165) is 44.8 Å². The number of methoxy groups -OCH3 is 1. The highest BCUT2D eigenvalue weighted by molar-refractivity contribution is 9.10. The second kappa shape index (κ2) is 10.5. The number of piperidine rings is 1. The third kappa shape index (κ3) is 6.01. The molecule has 1 unspecified atom stereocenters. The molecule has 0 radical (unpaired) electrons. The van der Waals surface area contributed by atoms with E-state index in [1.54, 1.807) is 7.11 Å². The van der Waals surface area contributed by atoms with Gasteiger partial charge in [-0.05, 0) is 74.0 Å². The molecular weight excluding hydrogens is 454 g/mol. The molecule has 5 nitrogen and oxygen atoms in total. The summed E-state index contributed by atoms with van der Waals surface area (Å²) in [4.78, 5) is 16.8. The van der Waals surface area contributed by atoms with Crippen LogP contribution in [0.5, 0.6) is 5.75 Å². The Morgan fingerprint density at radius 2 is 1.90 bits per heavy atom. The second-order valence-electron chi connectivity index (χ2n) is 8.75. The Morgan fingerprint density at radius 3 is 2.65 bits per heavy atom. The number of carbonyl (C=O) groups excluding carboxylic acids is 1. The van der Waals surface area contributed by atoms with E-state index >= 15 is 0 Å². The largest absolute Gasteiger partial charge is 0.497 e. The maximum atomic E-state index is 12.3. The standard InChI is InChI=1S/C25H32BrN3O2/c1-31-23-7-8-24(26)21(16-23)15-19-9-12-28(13-10-19)14-11-22-18-29(25(30)27-22)17-20-5-3-2-4-6-20/h2-8,16,19,22H,9-15,17-18H2,1H3,(H,27,30). The summed E-state index contributed by atoms with van der Waals surface area (Å²) >= 11 is 3.69. The number of ether oxygens (including phenoxy) is 1. The van der Waals surface area contributed by atoms with Crippen molar-refractivity contribution < 1.29 is 9.53 Å². The number of hydrogen-bond donors (Lipinski definition) is 1. The van der Waals surface area contributed by atoms with Crippen molar-refractivity contribution in [2.24, 2.45) is 5.92 Å². The van der Waals surface area contributed by atoms with Crippen molar-refractivity contribution in [2.45, 2.75) is 38.3 Å². The van der Waals surface area contributed by atoms with E-state index in [0.29, 0.717) is 12.5 Å². The lowest BCUT2D eigenvalue weighted by Gasteiger charge is -2.32. The van der Waals surface area contributed by atoms with Gasteiger partial charge in [0.05, 0.1) is 7.11 Å². The third-order valence-corrected chi connectivity index (χ3v) is 7.31. The van der Waals surface area contributed by atoms with E-state index in [9.17, 15) is 4.79 Å². The van der Waals surface area contributed by atoms with Gasteiger partial charge in [0.1, 0.15) is 5.75 Å². The highest BCUT2D eigenvalue weighted by Crippen LogP contribution is 2.29. The van der Waals surface area contributed by atoms with Crippen LogP contribution in [-0.2, 0) is 13.0 Å². The summed E-state index contributed by atoms with van der Waals surface area (Å²) in [6.45, 7) is 4.82. The van der Waals surface area contributed by atoms with E-state index < -0.39 is 0 Å². The normalized spacial score (nSPS) is 20.1. The molecule has 2 aromatic carbocycles. The zero-order valence-corrected chi connectivity index (χ0v) is 19.8. The number of benzene rings is 2. The Kier molecular flexibility index (Phi) is 7.51. The molecule has 0 aromatic heterocycles. The summed E-state index contributed by atoms with van der Waals surface area (Å²) in [6.07, 6.45) is 4.56. The first-order valence-corrected chi connectivity index (χ1v) is 12.0. The van der Waals surface area contributed by atoms with Crippen LogP contribution in [-0.4, -0.2) is 55.2 Å². The van der Waals surface area contributed by atoms with Gasteiger partial charge in [0.2, 0.25) is 0 Å². The number of urea groups is 1. The van der Waals surface area contributed by atoms with Crippen LogP contribution in [0.15, 0.2) is 53.0 Å². The monoisotopic (exact) mass is 485 g/mol. The van der Waals surface area contributed by atoms with Gasteiger partial charge in [-0.25, -0.2) is 4.79 Å². The summed E-state index contributed by atoms with van der Waals surface area (Å²) in [5, 5.41) is 3.17. The average Bonchev–Trinajstić information content (AvgIpc) is 3.14. The summed E-state index contributed by atoms with van der Waals surface area (Å²) in [7, 11) is 1.72. The van der Waals surface area contributed by atoms with Gasteiger partial charge in [0.25, 0.3) is 0 Å². The van der Waals surface area contributed by atoms with Gasteiger partial charge in [-0.1, -0.05) is 46.3 Å². The third-order valence-electron chi connectivity index (χ3n) is 6.53. The Hall–Kier alpha value is -2.05. The lowest BCUT2D eigenvalue weighted by atomic mass is 9.90. The number of carbonyl (C=O) groups is 1. The van der Waals surface area contributed by atoms with E-state index in [-0.39, 0.29) is 12.1 Å². The number of halogens is 1. The second-order valence-corrected chi connectivity index (χ2v) is 9.60. The first kappa shape index (κ1) is 22.2. The lowest BCUT2D eigenvalue weighted by Crippen LogP contribution is -2.38. The molecule has 2 saturated heterocycles. The SMILES string of the molecule is COc1ccc(Br)c(CC2CCN(CCC3CN(Cc4ccccc4)C(=O)N3)CC2)c1. The number of likely N-dealkylation sites (tertiary alicyclic amines) is 1. The Bertz CT molecular complexity index is 868. The number of nitrogens with zero attached hydrogens (tertiary/aromatic N) is 2. The van der Waals surface area contributed by atoms with Crippen LogP contribution in [0.2, 0.25) is 0 Å². The van der Waals surface area contributed by atoms with E-state index in [1.165, 1.54) is 28.4 Å². The molecule has 4 rings (SSSR count). The van der Waals surface area contributed by atoms with Crippen molar-refractivity contribution in [1.82, 2.24) is 15.1 Å². The van der Waals surface area contributed by atoms with Crippen LogP contribution >= 0.6 is 15.9 Å². The van der Waals surface area contributed by atoms with Crippen LogP contribution in [0.1, 0.15) is 30.4 Å². The predicted octanol–water partition coefficient (Wildman–Crippen LogP) is 4.70. The van der Waals surface area contributed by atoms with Crippen molar-refractivity contribution in [3.8, 4) is 5.75 Å². The molecule has 0 bridgehead atoms. The molecule has 166 valence electrons. The molecule has 1 atom stereocenters.